The summed E-state index contributed by atoms with van der Waals surface area (Å²) in [6.07, 6.45) is 7.91. The van der Waals surface area contributed by atoms with Crippen molar-refractivity contribution in [3.8, 4) is 28.0 Å². The topological polar surface area (TPSA) is 209 Å². The van der Waals surface area contributed by atoms with Gasteiger partial charge >= 0.3 is 5.97 Å². The normalized spacial score (nSPS) is 18.1. The van der Waals surface area contributed by atoms with Crippen LogP contribution in [0, 0.1) is 35.5 Å². The first-order valence-electron chi connectivity index (χ1n) is 30.6. The van der Waals surface area contributed by atoms with Crippen molar-refractivity contribution in [3.05, 3.63) is 141 Å². The Labute approximate surface area is 526 Å². The van der Waals surface area contributed by atoms with Crippen molar-refractivity contribution < 1.29 is 38.6 Å². The molecule has 17 nitrogen and oxygen atoms in total. The number of aliphatic hydroxyl groups excluding tert-OH is 1. The second-order valence-corrected chi connectivity index (χ2v) is 27.9. The van der Waals surface area contributed by atoms with Gasteiger partial charge in [0.1, 0.15) is 17.8 Å². The number of piperidine rings is 1. The highest BCUT2D eigenvalue weighted by molar-refractivity contribution is 7.22. The van der Waals surface area contributed by atoms with Crippen molar-refractivity contribution in [1.82, 2.24) is 35.4 Å². The molecule has 3 aromatic heterocycles. The molecule has 0 radical (unpaired) electrons. The Morgan fingerprint density at radius 2 is 1.67 bits per heavy atom. The number of nitrogens with zero attached hydrogens (tertiary/aromatic N) is 6. The molecule has 460 valence electrons. The summed E-state index contributed by atoms with van der Waals surface area (Å²) in [5, 5.41) is 21.1. The minimum Gasteiger partial charge on any atom is -0.494 e. The molecule has 4 aliphatic rings. The maximum Gasteiger partial charge on any atom is 0.357 e. The van der Waals surface area contributed by atoms with Crippen molar-refractivity contribution in [2.24, 2.45) is 16.7 Å². The Balaban J connectivity index is 0.595. The predicted molar refractivity (Wildman–Crippen MR) is 346 cm³/mol. The fourth-order valence-corrected chi connectivity index (χ4v) is 15.5. The first-order valence-corrected chi connectivity index (χ1v) is 33.1. The van der Waals surface area contributed by atoms with E-state index < -0.39 is 29.6 Å². The molecule has 4 N–H and O–H groups in total. The number of benzene rings is 4. The average molecular weight is 1240 g/mol. The number of carbonyl (C=O) groups excluding carboxylic acids is 5. The van der Waals surface area contributed by atoms with E-state index in [0.717, 1.165) is 117 Å². The SMILES string of the molecule is COC(=O)c1nc(N2CCc3cccc(C(=O)Nc4nc5ccccc5s4)c3C2)sc1CCCOc1ccc(C#CCN2CCC3(CCC(CC(=O)N[C@H](C(=O)N4C[C@H](O)C[C@H]4C(=O)NCc4ccc(-c5scnc5C)cc4)C(C)(C)C)CC3)CC2)cc1. The number of rotatable bonds is 18. The first kappa shape index (κ1) is 62.1. The summed E-state index contributed by atoms with van der Waals surface area (Å²) < 4.78 is 12.3. The van der Waals surface area contributed by atoms with Gasteiger partial charge in [0.2, 0.25) is 17.7 Å². The highest BCUT2D eigenvalue weighted by atomic mass is 32.1. The minimum atomic E-state index is -0.859. The van der Waals surface area contributed by atoms with Gasteiger partial charge in [0.05, 0.1) is 52.7 Å². The number of amides is 4. The summed E-state index contributed by atoms with van der Waals surface area (Å²) in [4.78, 5) is 90.0. The number of para-hydroxylation sites is 1. The number of hydrogen-bond donors (Lipinski definition) is 4. The number of aliphatic hydroxyl groups is 1. The van der Waals surface area contributed by atoms with Crippen LogP contribution in [-0.4, -0.2) is 124 Å². The lowest BCUT2D eigenvalue weighted by atomic mass is 9.65. The Bertz CT molecular complexity index is 3680. The Kier molecular flexibility index (Phi) is 19.4. The molecule has 88 heavy (non-hydrogen) atoms. The Hall–Kier alpha value is -7.54. The highest BCUT2D eigenvalue weighted by Crippen LogP contribution is 2.47. The van der Waals surface area contributed by atoms with Crippen LogP contribution in [0.4, 0.5) is 10.3 Å². The van der Waals surface area contributed by atoms with Gasteiger partial charge in [-0.2, -0.15) is 0 Å². The summed E-state index contributed by atoms with van der Waals surface area (Å²) in [5.74, 6) is 6.20. The number of nitrogens with one attached hydrogen (secondary N) is 3. The molecule has 4 aromatic carbocycles. The van der Waals surface area contributed by atoms with Gasteiger partial charge in [-0.05, 0) is 159 Å². The molecule has 3 fully saturated rings. The molecule has 20 heteroatoms. The van der Waals surface area contributed by atoms with Crippen LogP contribution in [0.2, 0.25) is 0 Å². The van der Waals surface area contributed by atoms with Crippen LogP contribution in [0.15, 0.2) is 96.5 Å². The Morgan fingerprint density at radius 3 is 2.40 bits per heavy atom. The number of hydrogen-bond acceptors (Lipinski definition) is 16. The second-order valence-electron chi connectivity index (χ2n) is 25.0. The van der Waals surface area contributed by atoms with E-state index in [2.05, 4.69) is 53.6 Å². The molecule has 3 atom stereocenters. The lowest BCUT2D eigenvalue weighted by molar-refractivity contribution is -0.144. The number of anilines is 2. The molecule has 11 rings (SSSR count). The number of aromatic nitrogens is 3. The summed E-state index contributed by atoms with van der Waals surface area (Å²) >= 11 is 4.51. The van der Waals surface area contributed by atoms with Crippen molar-refractivity contribution >= 4 is 84.1 Å². The van der Waals surface area contributed by atoms with Gasteiger partial charge in [0.15, 0.2) is 16.0 Å². The summed E-state index contributed by atoms with van der Waals surface area (Å²) in [7, 11) is 1.37. The fraction of sp³-hybridized carbons (Fsp3) is 0.441. The van der Waals surface area contributed by atoms with E-state index in [-0.39, 0.29) is 54.5 Å². The number of carbonyl (C=O) groups is 5. The monoisotopic (exact) mass is 1240 g/mol. The highest BCUT2D eigenvalue weighted by Gasteiger charge is 2.45. The van der Waals surface area contributed by atoms with Gasteiger partial charge in [0, 0.05) is 55.0 Å². The predicted octanol–water partition coefficient (Wildman–Crippen LogP) is 10.6. The number of fused-ring (bicyclic) bond motifs is 2. The number of likely N-dealkylation sites (tertiary alicyclic amines) is 2. The van der Waals surface area contributed by atoms with Gasteiger partial charge in [-0.15, -0.1) is 22.7 Å². The third-order valence-electron chi connectivity index (χ3n) is 17.8. The zero-order chi connectivity index (χ0) is 61.5. The molecular formula is C68H77N9O8S3. The Morgan fingerprint density at radius 1 is 0.898 bits per heavy atom. The van der Waals surface area contributed by atoms with E-state index in [9.17, 15) is 29.1 Å². The fourth-order valence-electron chi connectivity index (χ4n) is 12.7. The van der Waals surface area contributed by atoms with Crippen molar-refractivity contribution in [1.29, 1.82) is 0 Å². The summed E-state index contributed by atoms with van der Waals surface area (Å²) in [6.45, 7) is 12.3. The van der Waals surface area contributed by atoms with E-state index in [1.807, 2.05) is 118 Å². The van der Waals surface area contributed by atoms with Crippen LogP contribution in [0.3, 0.4) is 0 Å². The summed E-state index contributed by atoms with van der Waals surface area (Å²) in [5.41, 5.74) is 9.15. The minimum absolute atomic E-state index is 0.0320. The molecule has 3 aliphatic heterocycles. The van der Waals surface area contributed by atoms with Gasteiger partial charge < -0.3 is 35.0 Å². The van der Waals surface area contributed by atoms with Gasteiger partial charge in [-0.3, -0.25) is 29.4 Å². The van der Waals surface area contributed by atoms with E-state index in [1.165, 1.54) is 34.7 Å². The molecule has 7 aromatic rings. The number of thiazole rings is 3. The molecule has 2 saturated heterocycles. The molecule has 0 unspecified atom stereocenters. The van der Waals surface area contributed by atoms with Crippen LogP contribution >= 0.6 is 34.0 Å². The lowest BCUT2D eigenvalue weighted by Crippen LogP contribution is -2.57. The maximum absolute atomic E-state index is 14.3. The number of β-amino-alcohol motifs (C(OH)–C–C–N with tert-alkyl or cyclic N) is 1. The third-order valence-corrected chi connectivity index (χ3v) is 20.9. The van der Waals surface area contributed by atoms with Crippen molar-refractivity contribution in [3.63, 3.8) is 0 Å². The smallest absolute Gasteiger partial charge is 0.357 e. The van der Waals surface area contributed by atoms with Gasteiger partial charge in [-0.1, -0.05) is 92.5 Å². The number of ether oxygens (including phenoxy) is 2. The molecule has 1 spiro atoms. The zero-order valence-electron chi connectivity index (χ0n) is 50.7. The van der Waals surface area contributed by atoms with E-state index >= 15 is 0 Å². The maximum atomic E-state index is 14.3. The number of esters is 1. The van der Waals surface area contributed by atoms with Crippen LogP contribution in [0.25, 0.3) is 20.7 Å². The number of aryl methyl sites for hydroxylation is 2. The molecule has 1 aliphatic carbocycles. The van der Waals surface area contributed by atoms with E-state index in [0.29, 0.717) is 67.0 Å². The van der Waals surface area contributed by atoms with Crippen molar-refractivity contribution in [2.45, 2.75) is 130 Å². The molecule has 4 amide bonds. The second kappa shape index (κ2) is 27.5. The van der Waals surface area contributed by atoms with Gasteiger partial charge in [-0.25, -0.2) is 19.7 Å². The quantitative estimate of drug-likeness (QED) is 0.0359. The average Bonchev–Trinajstić information content (AvgIpc) is 2.80. The van der Waals surface area contributed by atoms with E-state index in [4.69, 9.17) is 14.5 Å². The third kappa shape index (κ3) is 14.8. The van der Waals surface area contributed by atoms with Crippen LogP contribution in [0.1, 0.15) is 132 Å². The zero-order valence-corrected chi connectivity index (χ0v) is 53.1. The van der Waals surface area contributed by atoms with Crippen LogP contribution < -0.4 is 25.6 Å². The molecular weight excluding hydrogens is 1170 g/mol. The van der Waals surface area contributed by atoms with Crippen LogP contribution in [-0.2, 0) is 45.1 Å². The first-order chi connectivity index (χ1) is 42.5. The molecule has 0 bridgehead atoms. The largest absolute Gasteiger partial charge is 0.494 e. The number of methoxy groups -OCH3 is 1. The summed E-state index contributed by atoms with van der Waals surface area (Å²) in [6, 6.07) is 27.8. The lowest BCUT2D eigenvalue weighted by Gasteiger charge is -2.45. The molecule has 1 saturated carbocycles. The van der Waals surface area contributed by atoms with Gasteiger partial charge in [0.25, 0.3) is 5.91 Å². The molecule has 6 heterocycles. The standard InChI is InChI=1S/C68H77N9O8S3/c1-43-59(86-42-70-43)48-21-17-46(18-22-48)39-69-62(81)54-38-49(78)40-77(54)63(82)60(67(2,3)4)72-57(79)37-45-25-28-68(29-26-45)30-34-75(35-31-68)32-9-11-44-19-23-50(24-20-44)85-36-10-16-56-58(64(83)84-5)73-66(88-56)76-33-27-47-12-8-13-51(52(47)41-76)61(80)74-65-71-53-14-6-7-15-55(53)87-65/h6-8,12-15,17-24,42,45,49,54,60,78H,10,16,25-41H2,1-5H3,(H,69,81)(H,72,79)(H,71,74,80)/t49-,54+,60-/m1/s1. The van der Waals surface area contributed by atoms with E-state index in [1.54, 1.807) is 11.3 Å². The van der Waals surface area contributed by atoms with Crippen molar-refractivity contribution in [2.75, 3.05) is 56.7 Å². The van der Waals surface area contributed by atoms with Crippen LogP contribution in [0.5, 0.6) is 5.75 Å².